The molecule has 3 N–H and O–H groups in total. The van der Waals surface area contributed by atoms with Crippen molar-refractivity contribution in [1.82, 2.24) is 4.90 Å². The first-order valence-corrected chi connectivity index (χ1v) is 6.04. The fourth-order valence-electron chi connectivity index (χ4n) is 1.48. The van der Waals surface area contributed by atoms with Gasteiger partial charge in [0, 0.05) is 13.1 Å². The van der Waals surface area contributed by atoms with E-state index < -0.39 is 0 Å². The number of nitrogens with zero attached hydrogens (tertiary/aromatic N) is 1. The molecule has 0 aliphatic carbocycles. The van der Waals surface area contributed by atoms with E-state index in [9.17, 15) is 0 Å². The lowest BCUT2D eigenvalue weighted by Gasteiger charge is -2.13. The monoisotopic (exact) mass is 253 g/mol. The number of nitrogens with one attached hydrogen (secondary N) is 1. The van der Waals surface area contributed by atoms with Gasteiger partial charge in [0.25, 0.3) is 0 Å². The van der Waals surface area contributed by atoms with Gasteiger partial charge in [-0.2, -0.15) is 0 Å². The zero-order valence-electron chi connectivity index (χ0n) is 11.4. The molecule has 0 bridgehead atoms. The molecule has 5 nitrogen and oxygen atoms in total. The molecule has 0 unspecified atom stereocenters. The molecule has 0 spiro atoms. The van der Waals surface area contributed by atoms with Crippen LogP contribution in [0, 0.1) is 0 Å². The summed E-state index contributed by atoms with van der Waals surface area (Å²) in [4.78, 5) is 2.09. The zero-order chi connectivity index (χ0) is 13.4. The number of hydrogen-bond acceptors (Lipinski definition) is 5. The maximum atomic E-state index is 5.94. The van der Waals surface area contributed by atoms with Crippen LogP contribution in [-0.2, 0) is 4.74 Å². The van der Waals surface area contributed by atoms with Crippen LogP contribution >= 0.6 is 0 Å². The van der Waals surface area contributed by atoms with E-state index in [4.69, 9.17) is 15.2 Å². The number of methoxy groups -OCH3 is 1. The molecule has 0 amide bonds. The lowest BCUT2D eigenvalue weighted by atomic mass is 10.2. The van der Waals surface area contributed by atoms with Crippen molar-refractivity contribution in [3.8, 4) is 5.75 Å². The normalized spacial score (nSPS) is 10.7. The van der Waals surface area contributed by atoms with Crippen LogP contribution in [-0.4, -0.2) is 52.4 Å². The van der Waals surface area contributed by atoms with Crippen molar-refractivity contribution in [2.24, 2.45) is 0 Å². The molecular weight excluding hydrogens is 230 g/mol. The molecule has 0 saturated heterocycles. The highest BCUT2D eigenvalue weighted by atomic mass is 16.5. The average molecular weight is 253 g/mol. The topological polar surface area (TPSA) is 59.8 Å². The van der Waals surface area contributed by atoms with Gasteiger partial charge in [0.15, 0.2) is 0 Å². The molecule has 0 saturated carbocycles. The smallest absolute Gasteiger partial charge is 0.143 e. The Labute approximate surface area is 109 Å². The van der Waals surface area contributed by atoms with Gasteiger partial charge in [-0.15, -0.1) is 0 Å². The third-order valence-electron chi connectivity index (χ3n) is 2.53. The minimum absolute atomic E-state index is 0.633. The van der Waals surface area contributed by atoms with E-state index in [1.165, 1.54) is 0 Å². The van der Waals surface area contributed by atoms with Crippen LogP contribution in [0.5, 0.6) is 5.75 Å². The molecule has 0 radical (unpaired) electrons. The number of hydrogen-bond donors (Lipinski definition) is 2. The maximum absolute atomic E-state index is 5.94. The van der Waals surface area contributed by atoms with Crippen molar-refractivity contribution in [1.29, 1.82) is 0 Å². The highest BCUT2D eigenvalue weighted by Gasteiger charge is 2.03. The highest BCUT2D eigenvalue weighted by Crippen LogP contribution is 2.28. The summed E-state index contributed by atoms with van der Waals surface area (Å²) >= 11 is 0. The quantitative estimate of drug-likeness (QED) is 0.539. The van der Waals surface area contributed by atoms with E-state index >= 15 is 0 Å². The summed E-state index contributed by atoms with van der Waals surface area (Å²) in [6.07, 6.45) is 0. The molecule has 0 atom stereocenters. The van der Waals surface area contributed by atoms with Crippen molar-refractivity contribution < 1.29 is 9.47 Å². The van der Waals surface area contributed by atoms with Gasteiger partial charge in [0.1, 0.15) is 5.75 Å². The molecule has 1 rings (SSSR count). The Morgan fingerprint density at radius 3 is 2.72 bits per heavy atom. The zero-order valence-corrected chi connectivity index (χ0v) is 11.4. The summed E-state index contributed by atoms with van der Waals surface area (Å²) in [6.45, 7) is 3.05. The molecular formula is C13H23N3O2. The number of anilines is 2. The number of rotatable bonds is 8. The Morgan fingerprint density at radius 1 is 1.28 bits per heavy atom. The summed E-state index contributed by atoms with van der Waals surface area (Å²) in [7, 11) is 5.66. The van der Waals surface area contributed by atoms with Crippen molar-refractivity contribution in [3.63, 3.8) is 0 Å². The number of nitrogens with two attached hydrogens (primary N) is 1. The molecule has 0 fully saturated rings. The molecule has 1 aromatic carbocycles. The first-order chi connectivity index (χ1) is 8.65. The Bertz CT molecular complexity index is 356. The van der Waals surface area contributed by atoms with E-state index in [0.29, 0.717) is 18.0 Å². The van der Waals surface area contributed by atoms with Crippen LogP contribution in [0.15, 0.2) is 18.2 Å². The van der Waals surface area contributed by atoms with Crippen molar-refractivity contribution in [2.45, 2.75) is 0 Å². The summed E-state index contributed by atoms with van der Waals surface area (Å²) in [5.41, 5.74) is 7.45. The van der Waals surface area contributed by atoms with Gasteiger partial charge in [0.2, 0.25) is 0 Å². The third kappa shape index (κ3) is 4.81. The van der Waals surface area contributed by atoms with Crippen LogP contribution in [0.4, 0.5) is 11.4 Å². The highest BCUT2D eigenvalue weighted by molar-refractivity contribution is 5.72. The molecule has 102 valence electrons. The summed E-state index contributed by atoms with van der Waals surface area (Å²) in [5, 5.41) is 3.23. The predicted molar refractivity (Wildman–Crippen MR) is 75.3 cm³/mol. The van der Waals surface area contributed by atoms with Crippen LogP contribution in [0.25, 0.3) is 0 Å². The largest absolute Gasteiger partial charge is 0.495 e. The van der Waals surface area contributed by atoms with Gasteiger partial charge in [-0.05, 0) is 26.2 Å². The fourth-order valence-corrected chi connectivity index (χ4v) is 1.48. The first kappa shape index (κ1) is 14.6. The van der Waals surface area contributed by atoms with Crippen LogP contribution < -0.4 is 15.8 Å². The Balaban J connectivity index is 2.27. The van der Waals surface area contributed by atoms with Gasteiger partial charge < -0.3 is 25.4 Å². The van der Waals surface area contributed by atoms with Crippen molar-refractivity contribution in [2.75, 3.05) is 58.6 Å². The molecule has 1 aromatic rings. The Hall–Kier alpha value is -1.46. The minimum Gasteiger partial charge on any atom is -0.495 e. The predicted octanol–water partition coefficient (Wildman–Crippen LogP) is 1.27. The van der Waals surface area contributed by atoms with Gasteiger partial charge in [0.05, 0.1) is 31.7 Å². The first-order valence-electron chi connectivity index (χ1n) is 6.04. The van der Waals surface area contributed by atoms with Crippen molar-refractivity contribution in [3.05, 3.63) is 18.2 Å². The SMILES string of the molecule is COc1cccc(NCCOCCN(C)C)c1N. The summed E-state index contributed by atoms with van der Waals surface area (Å²) in [5.74, 6) is 0.688. The average Bonchev–Trinajstić information content (AvgIpc) is 2.35. The molecule has 18 heavy (non-hydrogen) atoms. The Kier molecular flexibility index (Phi) is 6.32. The molecule has 0 aliphatic heterocycles. The van der Waals surface area contributed by atoms with E-state index in [-0.39, 0.29) is 0 Å². The Morgan fingerprint density at radius 2 is 2.06 bits per heavy atom. The molecule has 0 aromatic heterocycles. The van der Waals surface area contributed by atoms with Gasteiger partial charge >= 0.3 is 0 Å². The van der Waals surface area contributed by atoms with E-state index in [1.807, 2.05) is 32.3 Å². The van der Waals surface area contributed by atoms with Crippen LogP contribution in [0.3, 0.4) is 0 Å². The second kappa shape index (κ2) is 7.79. The number of likely N-dealkylation sites (N-methyl/N-ethyl adjacent to an activating group) is 1. The van der Waals surface area contributed by atoms with Crippen LogP contribution in [0.2, 0.25) is 0 Å². The van der Waals surface area contributed by atoms with Crippen molar-refractivity contribution >= 4 is 11.4 Å². The standard InChI is InChI=1S/C13H23N3O2/c1-16(2)8-10-18-9-7-15-11-5-4-6-12(17-3)13(11)14/h4-6,15H,7-10,14H2,1-3H3. The van der Waals surface area contributed by atoms with E-state index in [2.05, 4.69) is 10.2 Å². The van der Waals surface area contributed by atoms with Crippen LogP contribution in [0.1, 0.15) is 0 Å². The van der Waals surface area contributed by atoms with Gasteiger partial charge in [-0.25, -0.2) is 0 Å². The maximum Gasteiger partial charge on any atom is 0.143 e. The van der Waals surface area contributed by atoms with E-state index in [1.54, 1.807) is 7.11 Å². The lowest BCUT2D eigenvalue weighted by molar-refractivity contribution is 0.126. The lowest BCUT2D eigenvalue weighted by Crippen LogP contribution is -2.20. The fraction of sp³-hybridized carbons (Fsp3) is 0.538. The number of nitrogen functional groups attached to an aromatic ring is 1. The second-order valence-electron chi connectivity index (χ2n) is 4.26. The second-order valence-corrected chi connectivity index (χ2v) is 4.26. The number of ether oxygens (including phenoxy) is 2. The molecule has 0 aliphatic rings. The summed E-state index contributed by atoms with van der Waals surface area (Å²) in [6, 6.07) is 5.68. The number of para-hydroxylation sites is 1. The number of benzene rings is 1. The third-order valence-corrected chi connectivity index (χ3v) is 2.53. The van der Waals surface area contributed by atoms with E-state index in [0.717, 1.165) is 25.4 Å². The molecule has 5 heteroatoms. The van der Waals surface area contributed by atoms with Gasteiger partial charge in [-0.1, -0.05) is 6.07 Å². The minimum atomic E-state index is 0.633. The van der Waals surface area contributed by atoms with Gasteiger partial charge in [-0.3, -0.25) is 0 Å². The summed E-state index contributed by atoms with van der Waals surface area (Å²) < 4.78 is 10.6. The molecule has 0 heterocycles.